The van der Waals surface area contributed by atoms with E-state index < -0.39 is 30.3 Å². The Morgan fingerprint density at radius 3 is 2.60 bits per heavy atom. The molecule has 2 N–H and O–H groups in total. The summed E-state index contributed by atoms with van der Waals surface area (Å²) < 4.78 is 57.0. The lowest BCUT2D eigenvalue weighted by molar-refractivity contribution is -0.143. The highest BCUT2D eigenvalue weighted by Gasteiger charge is 2.54. The Labute approximate surface area is 239 Å². The van der Waals surface area contributed by atoms with Crippen LogP contribution in [0.15, 0.2) is 82.9 Å². The second kappa shape index (κ2) is 13.3. The van der Waals surface area contributed by atoms with E-state index in [2.05, 4.69) is 15.0 Å². The fourth-order valence-corrected chi connectivity index (χ4v) is 4.52. The van der Waals surface area contributed by atoms with Gasteiger partial charge in [0, 0.05) is 35.6 Å². The number of carbonyl (C=O) groups is 1. The summed E-state index contributed by atoms with van der Waals surface area (Å²) in [5.74, 6) is -0.0453. The summed E-state index contributed by atoms with van der Waals surface area (Å²) in [7, 11) is 1.46. The van der Waals surface area contributed by atoms with Gasteiger partial charge in [0.2, 0.25) is 5.90 Å². The summed E-state index contributed by atoms with van der Waals surface area (Å²) in [6, 6.07) is 19.7. The van der Waals surface area contributed by atoms with Crippen LogP contribution in [-0.4, -0.2) is 55.5 Å². The van der Waals surface area contributed by atoms with Gasteiger partial charge in [-0.2, -0.15) is 13.2 Å². The van der Waals surface area contributed by atoms with Crippen molar-refractivity contribution in [2.45, 2.75) is 30.7 Å². The average Bonchev–Trinajstić information content (AvgIpc) is 3.37. The van der Waals surface area contributed by atoms with Gasteiger partial charge in [0.15, 0.2) is 11.6 Å². The van der Waals surface area contributed by atoms with E-state index in [-0.39, 0.29) is 24.6 Å². The maximum atomic E-state index is 13.8. The smallest absolute Gasteiger partial charge is 0.405 e. The minimum atomic E-state index is -4.68. The molecule has 0 bridgehead atoms. The van der Waals surface area contributed by atoms with E-state index >= 15 is 0 Å². The van der Waals surface area contributed by atoms with E-state index in [0.29, 0.717) is 41.2 Å². The monoisotopic (exact) mass is 583 g/mol. The Hall–Kier alpha value is -4.74. The van der Waals surface area contributed by atoms with E-state index in [4.69, 9.17) is 24.8 Å². The van der Waals surface area contributed by atoms with Crippen LogP contribution < -0.4 is 14.8 Å². The number of nitrogens with zero attached hydrogens (tertiary/aromatic N) is 4. The zero-order valence-corrected chi connectivity index (χ0v) is 22.5. The molecule has 10 nitrogen and oxygen atoms in total. The first kappa shape index (κ1) is 30.2. The summed E-state index contributed by atoms with van der Waals surface area (Å²) >= 11 is 0. The number of alkyl halides is 3. The molecular weight excluding hydrogens is 555 g/mol. The number of aliphatic hydroxyl groups is 1. The molecule has 1 aliphatic rings. The molecule has 0 radical (unpaired) electrons. The highest BCUT2D eigenvalue weighted by molar-refractivity contribution is 6.01. The third-order valence-electron chi connectivity index (χ3n) is 6.48. The average molecular weight is 584 g/mol. The van der Waals surface area contributed by atoms with Crippen molar-refractivity contribution in [2.24, 2.45) is 10.1 Å². The van der Waals surface area contributed by atoms with Crippen LogP contribution in [0.1, 0.15) is 29.2 Å². The Balaban J connectivity index is 1.85. The van der Waals surface area contributed by atoms with E-state index in [0.717, 1.165) is 0 Å². The number of nitrogens with one attached hydrogen (secondary N) is 1. The number of rotatable bonds is 12. The maximum Gasteiger partial charge on any atom is 0.405 e. The SMILES string of the molecule is COc1cccc([C@H]2OC(c3ccc(OCCCO)cc3)=N[C@@]2(Cc2ccccc2N=[N+]=[N-])C(=O)NCC(F)(F)F)c1. The number of hydrogen-bond donors (Lipinski definition) is 2. The number of aliphatic hydroxyl groups excluding tert-OH is 1. The van der Waals surface area contributed by atoms with Crippen LogP contribution in [0.3, 0.4) is 0 Å². The predicted molar refractivity (Wildman–Crippen MR) is 148 cm³/mol. The quantitative estimate of drug-likeness (QED) is 0.124. The summed E-state index contributed by atoms with van der Waals surface area (Å²) in [6.45, 7) is -1.30. The number of hydrogen-bond acceptors (Lipinski definition) is 7. The van der Waals surface area contributed by atoms with Crippen LogP contribution in [0.4, 0.5) is 18.9 Å². The predicted octanol–water partition coefficient (Wildman–Crippen LogP) is 5.58. The Morgan fingerprint density at radius 2 is 1.90 bits per heavy atom. The van der Waals surface area contributed by atoms with E-state index in [1.807, 2.05) is 5.32 Å². The van der Waals surface area contributed by atoms with Crippen molar-refractivity contribution in [1.29, 1.82) is 0 Å². The molecule has 0 unspecified atom stereocenters. The van der Waals surface area contributed by atoms with Gasteiger partial charge in [0.1, 0.15) is 18.0 Å². The number of amides is 1. The Bertz CT molecular complexity index is 1470. The number of carbonyl (C=O) groups excluding carboxylic acids is 1. The van der Waals surface area contributed by atoms with E-state index in [1.165, 1.54) is 13.2 Å². The number of azide groups is 1. The molecule has 42 heavy (non-hydrogen) atoms. The molecule has 1 aliphatic heterocycles. The molecule has 3 aromatic rings. The maximum absolute atomic E-state index is 13.8. The molecule has 1 amide bonds. The third kappa shape index (κ3) is 7.12. The van der Waals surface area contributed by atoms with Crippen molar-refractivity contribution in [3.05, 3.63) is 99.9 Å². The lowest BCUT2D eigenvalue weighted by Gasteiger charge is -2.31. The molecule has 220 valence electrons. The van der Waals surface area contributed by atoms with Gasteiger partial charge in [0.25, 0.3) is 5.91 Å². The fraction of sp³-hybridized carbons (Fsp3) is 0.310. The van der Waals surface area contributed by atoms with Crippen LogP contribution >= 0.6 is 0 Å². The van der Waals surface area contributed by atoms with Crippen LogP contribution in [0.25, 0.3) is 10.4 Å². The van der Waals surface area contributed by atoms with Gasteiger partial charge >= 0.3 is 6.18 Å². The van der Waals surface area contributed by atoms with Crippen LogP contribution in [0.5, 0.6) is 11.5 Å². The van der Waals surface area contributed by atoms with Crippen molar-refractivity contribution in [1.82, 2.24) is 5.32 Å². The first-order valence-electron chi connectivity index (χ1n) is 12.9. The van der Waals surface area contributed by atoms with Crippen LogP contribution in [0, 0.1) is 0 Å². The number of halogens is 3. The largest absolute Gasteiger partial charge is 0.497 e. The molecule has 0 aromatic heterocycles. The van der Waals surface area contributed by atoms with Gasteiger partial charge in [-0.1, -0.05) is 41.5 Å². The molecule has 1 heterocycles. The van der Waals surface area contributed by atoms with Crippen molar-refractivity contribution < 1.29 is 37.3 Å². The molecule has 0 saturated carbocycles. The summed E-state index contributed by atoms with van der Waals surface area (Å²) in [6.07, 6.45) is -5.66. The zero-order chi connectivity index (χ0) is 30.2. The molecule has 0 spiro atoms. The summed E-state index contributed by atoms with van der Waals surface area (Å²) in [5.41, 5.74) is 8.60. The molecular formula is C29H28F3N5O5. The van der Waals surface area contributed by atoms with Crippen molar-refractivity contribution >= 4 is 17.5 Å². The minimum absolute atomic E-state index is 0.0182. The molecule has 3 aromatic carbocycles. The number of aliphatic imine (C=N–C) groups is 1. The fourth-order valence-electron chi connectivity index (χ4n) is 4.52. The van der Waals surface area contributed by atoms with Gasteiger partial charge in [-0.05, 0) is 53.1 Å². The van der Waals surface area contributed by atoms with Gasteiger partial charge < -0.3 is 24.6 Å². The Morgan fingerprint density at radius 1 is 1.14 bits per heavy atom. The van der Waals surface area contributed by atoms with Crippen molar-refractivity contribution in [2.75, 3.05) is 26.9 Å². The van der Waals surface area contributed by atoms with Crippen LogP contribution in [0.2, 0.25) is 0 Å². The van der Waals surface area contributed by atoms with E-state index in [1.54, 1.807) is 66.7 Å². The molecule has 0 fully saturated rings. The highest BCUT2D eigenvalue weighted by Crippen LogP contribution is 2.44. The van der Waals surface area contributed by atoms with Crippen molar-refractivity contribution in [3.8, 4) is 11.5 Å². The third-order valence-corrected chi connectivity index (χ3v) is 6.48. The molecule has 13 heteroatoms. The van der Waals surface area contributed by atoms with E-state index in [9.17, 15) is 18.0 Å². The van der Waals surface area contributed by atoms with Gasteiger partial charge in [-0.15, -0.1) is 0 Å². The topological polar surface area (TPSA) is 138 Å². The molecule has 0 saturated heterocycles. The standard InChI is InChI=1S/C29H28F3N5O5/c1-40-23-8-4-7-20(16-23)25-28(27(39)34-18-29(30,31)32,17-21-6-2-3-9-24(21)36-37-33)35-26(42-25)19-10-12-22(13-11-19)41-15-5-14-38/h2-4,6-13,16,25,38H,5,14-15,17-18H2,1H3,(H,34,39)/t25-,28-/m1/s1. The second-order valence-corrected chi connectivity index (χ2v) is 9.36. The number of ether oxygens (including phenoxy) is 3. The minimum Gasteiger partial charge on any atom is -0.497 e. The Kier molecular flexibility index (Phi) is 9.56. The molecule has 4 rings (SSSR count). The van der Waals surface area contributed by atoms with Gasteiger partial charge in [-0.3, -0.25) is 4.79 Å². The highest BCUT2D eigenvalue weighted by atomic mass is 19.4. The molecule has 2 atom stereocenters. The second-order valence-electron chi connectivity index (χ2n) is 9.36. The number of methoxy groups -OCH3 is 1. The summed E-state index contributed by atoms with van der Waals surface area (Å²) in [5, 5.41) is 14.7. The van der Waals surface area contributed by atoms with Gasteiger partial charge in [0.05, 0.1) is 13.7 Å². The summed E-state index contributed by atoms with van der Waals surface area (Å²) in [4.78, 5) is 21.3. The first-order valence-corrected chi connectivity index (χ1v) is 12.9. The lowest BCUT2D eigenvalue weighted by atomic mass is 9.81. The lowest BCUT2D eigenvalue weighted by Crippen LogP contribution is -2.51. The zero-order valence-electron chi connectivity index (χ0n) is 22.5. The van der Waals surface area contributed by atoms with Crippen molar-refractivity contribution in [3.63, 3.8) is 0 Å². The number of benzene rings is 3. The normalized spacial score (nSPS) is 17.9. The molecule has 0 aliphatic carbocycles. The van der Waals surface area contributed by atoms with Crippen LogP contribution in [-0.2, 0) is 16.0 Å². The van der Waals surface area contributed by atoms with Gasteiger partial charge in [-0.25, -0.2) is 4.99 Å². The first-order chi connectivity index (χ1) is 20.2.